The molecule has 1 aromatic heterocycles. The standard InChI is InChI=1S/C12H18N4O4S/c1-19-11-2-3-13-12(14-11)15-8-10(9-15)21(17,18)16-4-6-20-7-5-16/h2-3,10H,4-9H2,1H3. The average Bonchev–Trinajstić information content (AvgIpc) is 2.46. The maximum Gasteiger partial charge on any atom is 0.228 e. The Morgan fingerprint density at radius 1 is 1.33 bits per heavy atom. The van der Waals surface area contributed by atoms with Gasteiger partial charge >= 0.3 is 0 Å². The SMILES string of the molecule is COc1ccnc(N2CC(S(=O)(=O)N3CCOCC3)C2)n1. The van der Waals surface area contributed by atoms with Crippen molar-refractivity contribution in [3.63, 3.8) is 0 Å². The van der Waals surface area contributed by atoms with Crippen LogP contribution in [0, 0.1) is 0 Å². The summed E-state index contributed by atoms with van der Waals surface area (Å²) in [5.41, 5.74) is 0. The van der Waals surface area contributed by atoms with Crippen LogP contribution in [0.2, 0.25) is 0 Å². The largest absolute Gasteiger partial charge is 0.481 e. The van der Waals surface area contributed by atoms with Crippen LogP contribution in [0.1, 0.15) is 0 Å². The fraction of sp³-hybridized carbons (Fsp3) is 0.667. The zero-order valence-electron chi connectivity index (χ0n) is 11.8. The summed E-state index contributed by atoms with van der Waals surface area (Å²) in [4.78, 5) is 10.2. The Kier molecular flexibility index (Phi) is 3.96. The van der Waals surface area contributed by atoms with Crippen LogP contribution in [-0.4, -0.2) is 74.4 Å². The van der Waals surface area contributed by atoms with Gasteiger partial charge in [-0.05, 0) is 0 Å². The summed E-state index contributed by atoms with van der Waals surface area (Å²) in [6.07, 6.45) is 1.60. The van der Waals surface area contributed by atoms with Crippen molar-refractivity contribution < 1.29 is 17.9 Å². The topological polar surface area (TPSA) is 84.9 Å². The minimum absolute atomic E-state index is 0.398. The van der Waals surface area contributed by atoms with E-state index in [1.807, 2.05) is 4.90 Å². The molecule has 2 aliphatic rings. The van der Waals surface area contributed by atoms with Gasteiger partial charge in [0.25, 0.3) is 0 Å². The number of sulfonamides is 1. The normalized spacial score (nSPS) is 21.1. The lowest BCUT2D eigenvalue weighted by Crippen LogP contribution is -2.60. The van der Waals surface area contributed by atoms with Gasteiger partial charge in [-0.3, -0.25) is 0 Å². The Balaban J connectivity index is 1.64. The predicted molar refractivity (Wildman–Crippen MR) is 75.9 cm³/mol. The highest BCUT2D eigenvalue weighted by molar-refractivity contribution is 7.89. The fourth-order valence-electron chi connectivity index (χ4n) is 2.40. The van der Waals surface area contributed by atoms with E-state index in [9.17, 15) is 8.42 Å². The van der Waals surface area contributed by atoms with Gasteiger partial charge in [0.2, 0.25) is 21.9 Å². The highest BCUT2D eigenvalue weighted by Crippen LogP contribution is 2.25. The van der Waals surface area contributed by atoms with E-state index in [1.54, 1.807) is 12.3 Å². The maximum atomic E-state index is 12.4. The summed E-state index contributed by atoms with van der Waals surface area (Å²) >= 11 is 0. The van der Waals surface area contributed by atoms with E-state index in [4.69, 9.17) is 9.47 Å². The van der Waals surface area contributed by atoms with E-state index in [2.05, 4.69) is 9.97 Å². The Labute approximate surface area is 123 Å². The molecular weight excluding hydrogens is 296 g/mol. The van der Waals surface area contributed by atoms with Gasteiger partial charge in [-0.15, -0.1) is 0 Å². The summed E-state index contributed by atoms with van der Waals surface area (Å²) in [6, 6.07) is 1.66. The molecule has 1 aromatic rings. The number of hydrogen-bond donors (Lipinski definition) is 0. The molecule has 0 saturated carbocycles. The van der Waals surface area contributed by atoms with E-state index in [0.29, 0.717) is 51.2 Å². The van der Waals surface area contributed by atoms with Crippen LogP contribution < -0.4 is 9.64 Å². The molecule has 0 bridgehead atoms. The molecule has 0 radical (unpaired) electrons. The van der Waals surface area contributed by atoms with Crippen molar-refractivity contribution in [2.24, 2.45) is 0 Å². The molecule has 0 aliphatic carbocycles. The second kappa shape index (κ2) is 5.74. The molecule has 116 valence electrons. The number of hydrogen-bond acceptors (Lipinski definition) is 7. The number of ether oxygens (including phenoxy) is 2. The minimum atomic E-state index is -3.26. The molecule has 0 unspecified atom stereocenters. The molecular formula is C12H18N4O4S. The van der Waals surface area contributed by atoms with E-state index < -0.39 is 15.3 Å². The smallest absolute Gasteiger partial charge is 0.228 e. The molecule has 9 heteroatoms. The van der Waals surface area contributed by atoms with Crippen LogP contribution in [0.15, 0.2) is 12.3 Å². The molecule has 0 amide bonds. The average molecular weight is 314 g/mol. The molecule has 2 aliphatic heterocycles. The molecule has 2 saturated heterocycles. The van der Waals surface area contributed by atoms with Crippen molar-refractivity contribution in [2.45, 2.75) is 5.25 Å². The Morgan fingerprint density at radius 2 is 2.05 bits per heavy atom. The number of aromatic nitrogens is 2. The lowest BCUT2D eigenvalue weighted by molar-refractivity contribution is 0.0724. The van der Waals surface area contributed by atoms with Crippen molar-refractivity contribution in [1.29, 1.82) is 0 Å². The molecule has 2 fully saturated rings. The molecule has 3 heterocycles. The van der Waals surface area contributed by atoms with Crippen molar-refractivity contribution in [1.82, 2.24) is 14.3 Å². The van der Waals surface area contributed by atoms with Gasteiger partial charge in [-0.25, -0.2) is 13.4 Å². The van der Waals surface area contributed by atoms with E-state index in [-0.39, 0.29) is 0 Å². The number of morpholine rings is 1. The fourth-order valence-corrected chi connectivity index (χ4v) is 4.22. The second-order valence-electron chi connectivity index (χ2n) is 4.98. The Hall–Kier alpha value is -1.45. The maximum absolute atomic E-state index is 12.4. The second-order valence-corrected chi connectivity index (χ2v) is 7.20. The van der Waals surface area contributed by atoms with Crippen molar-refractivity contribution >= 4 is 16.0 Å². The van der Waals surface area contributed by atoms with Gasteiger partial charge in [-0.1, -0.05) is 0 Å². The lowest BCUT2D eigenvalue weighted by Gasteiger charge is -2.41. The molecule has 8 nitrogen and oxygen atoms in total. The third-order valence-electron chi connectivity index (χ3n) is 3.71. The zero-order chi connectivity index (χ0) is 14.9. The zero-order valence-corrected chi connectivity index (χ0v) is 12.6. The summed E-state index contributed by atoms with van der Waals surface area (Å²) in [7, 11) is -1.72. The van der Waals surface area contributed by atoms with Gasteiger partial charge in [0, 0.05) is 38.4 Å². The summed E-state index contributed by atoms with van der Waals surface area (Å²) in [5, 5.41) is -0.398. The summed E-state index contributed by atoms with van der Waals surface area (Å²) in [5.74, 6) is 0.974. The van der Waals surface area contributed by atoms with Crippen LogP contribution in [0.25, 0.3) is 0 Å². The first-order valence-corrected chi connectivity index (χ1v) is 8.30. The van der Waals surface area contributed by atoms with Crippen molar-refractivity contribution in [2.75, 3.05) is 51.4 Å². The molecule has 0 spiro atoms. The van der Waals surface area contributed by atoms with Crippen LogP contribution in [0.5, 0.6) is 5.88 Å². The first kappa shape index (κ1) is 14.5. The quantitative estimate of drug-likeness (QED) is 0.729. The van der Waals surface area contributed by atoms with Gasteiger partial charge in [0.15, 0.2) is 0 Å². The van der Waals surface area contributed by atoms with Crippen molar-refractivity contribution in [3.05, 3.63) is 12.3 Å². The van der Waals surface area contributed by atoms with Crippen LogP contribution in [0.4, 0.5) is 5.95 Å². The van der Waals surface area contributed by atoms with Crippen LogP contribution >= 0.6 is 0 Å². The number of rotatable bonds is 4. The van der Waals surface area contributed by atoms with E-state index in [0.717, 1.165) is 0 Å². The van der Waals surface area contributed by atoms with E-state index in [1.165, 1.54) is 11.4 Å². The van der Waals surface area contributed by atoms with Crippen LogP contribution in [-0.2, 0) is 14.8 Å². The van der Waals surface area contributed by atoms with Crippen LogP contribution in [0.3, 0.4) is 0 Å². The molecule has 3 rings (SSSR count). The monoisotopic (exact) mass is 314 g/mol. The summed E-state index contributed by atoms with van der Waals surface area (Å²) in [6.45, 7) is 2.63. The number of anilines is 1. The third-order valence-corrected chi connectivity index (χ3v) is 5.93. The van der Waals surface area contributed by atoms with Gasteiger partial charge in [-0.2, -0.15) is 9.29 Å². The van der Waals surface area contributed by atoms with E-state index >= 15 is 0 Å². The molecule has 0 N–H and O–H groups in total. The molecule has 0 aromatic carbocycles. The highest BCUT2D eigenvalue weighted by atomic mass is 32.2. The Bertz CT molecular complexity index is 597. The number of methoxy groups -OCH3 is 1. The van der Waals surface area contributed by atoms with Gasteiger partial charge < -0.3 is 14.4 Å². The third kappa shape index (κ3) is 2.81. The Morgan fingerprint density at radius 3 is 2.71 bits per heavy atom. The van der Waals surface area contributed by atoms with Crippen molar-refractivity contribution in [3.8, 4) is 5.88 Å². The lowest BCUT2D eigenvalue weighted by atomic mass is 10.2. The predicted octanol–water partition coefficient (Wildman–Crippen LogP) is -0.664. The molecule has 21 heavy (non-hydrogen) atoms. The first-order valence-electron chi connectivity index (χ1n) is 6.80. The summed E-state index contributed by atoms with van der Waals surface area (Å²) < 4.78 is 36.6. The minimum Gasteiger partial charge on any atom is -0.481 e. The molecule has 0 atom stereocenters. The van der Waals surface area contributed by atoms with Gasteiger partial charge in [0.1, 0.15) is 5.25 Å². The first-order chi connectivity index (χ1) is 10.1. The van der Waals surface area contributed by atoms with Gasteiger partial charge in [0.05, 0.1) is 20.3 Å². The number of nitrogens with zero attached hydrogens (tertiary/aromatic N) is 4. The highest BCUT2D eigenvalue weighted by Gasteiger charge is 2.42.